The Hall–Kier alpha value is -2.04. The molecule has 2 nitrogen and oxygen atoms in total. The summed E-state index contributed by atoms with van der Waals surface area (Å²) in [7, 11) is 0. The molecular weight excluding hydrogens is 574 g/mol. The third kappa shape index (κ3) is 4.77. The van der Waals surface area contributed by atoms with Gasteiger partial charge in [-0.25, -0.2) is 0 Å². The fraction of sp³-hybridized carbons (Fsp3) is 0.375. The van der Waals surface area contributed by atoms with E-state index in [0.717, 1.165) is 6.56 Å². The summed E-state index contributed by atoms with van der Waals surface area (Å²) in [6.45, 7) is 15.1. The Bertz CT molecular complexity index is 1490. The van der Waals surface area contributed by atoms with Crippen LogP contribution in [0.15, 0.2) is 90.5 Å². The molecule has 0 atom stereocenters. The number of hydrogen-bond donors (Lipinski definition) is 0. The van der Waals surface area contributed by atoms with E-state index < -0.39 is 15.3 Å². The third-order valence-corrected chi connectivity index (χ3v) is 35.6. The molecule has 204 valence electrons. The summed E-state index contributed by atoms with van der Waals surface area (Å²) in [5.41, 5.74) is 2.42. The molecule has 2 aromatic carbocycles. The minimum atomic E-state index is -6.30. The van der Waals surface area contributed by atoms with Crippen LogP contribution in [-0.4, -0.2) is 6.88 Å². The molecule has 0 saturated heterocycles. The molecule has 0 N–H and O–H groups in total. The van der Waals surface area contributed by atoms with Crippen LogP contribution in [0.2, 0.25) is 9.26 Å². The molecule has 0 heterocycles. The monoisotopic (exact) mass is 614 g/mol. The normalized spacial score (nSPS) is 19.3. The molecule has 6 heteroatoms. The van der Waals surface area contributed by atoms with Crippen molar-refractivity contribution in [3.63, 3.8) is 0 Å². The Morgan fingerprint density at radius 3 is 1.55 bits per heavy atom. The van der Waals surface area contributed by atoms with Crippen molar-refractivity contribution in [1.29, 1.82) is 0 Å². The Morgan fingerprint density at radius 2 is 1.18 bits per heavy atom. The van der Waals surface area contributed by atoms with E-state index in [2.05, 4.69) is 75.1 Å². The van der Waals surface area contributed by atoms with Crippen LogP contribution in [0.3, 0.4) is 0 Å². The van der Waals surface area contributed by atoms with Gasteiger partial charge in [0.15, 0.2) is 0 Å². The van der Waals surface area contributed by atoms with E-state index in [4.69, 9.17) is 5.63 Å². The molecule has 2 aliphatic rings. The van der Waals surface area contributed by atoms with Gasteiger partial charge >= 0.3 is 225 Å². The van der Waals surface area contributed by atoms with Crippen molar-refractivity contribution >= 4 is 6.88 Å². The van der Waals surface area contributed by atoms with E-state index in [1.54, 1.807) is 24.3 Å². The average Bonchev–Trinajstić information content (AvgIpc) is 3.49. The Balaban J connectivity index is 2.08. The van der Waals surface area contributed by atoms with E-state index >= 15 is 0 Å². The molecule has 0 fully saturated rings. The van der Waals surface area contributed by atoms with Gasteiger partial charge in [-0.2, -0.15) is 0 Å². The maximum atomic E-state index is 14.0. The molecule has 38 heavy (non-hydrogen) atoms. The molecule has 0 aliphatic heterocycles. The van der Waals surface area contributed by atoms with Crippen LogP contribution in [0.25, 0.3) is 0 Å². The number of halogens is 2. The zero-order valence-electron chi connectivity index (χ0n) is 24.1. The van der Waals surface area contributed by atoms with Crippen LogP contribution in [0.4, 0.5) is 8.78 Å². The molecule has 2 aliphatic carbocycles. The number of benzene rings is 2. The summed E-state index contributed by atoms with van der Waals surface area (Å²) in [6.07, 6.45) is 10.3. The van der Waals surface area contributed by atoms with E-state index in [1.807, 2.05) is 6.88 Å². The van der Waals surface area contributed by atoms with Gasteiger partial charge in [-0.05, 0) is 0 Å². The van der Waals surface area contributed by atoms with E-state index in [0.29, 0.717) is 24.3 Å². The van der Waals surface area contributed by atoms with Crippen LogP contribution < -0.4 is 5.63 Å². The molecule has 4 rings (SSSR count). The topological polar surface area (TPSA) is 18.5 Å². The van der Waals surface area contributed by atoms with Gasteiger partial charge in [0.1, 0.15) is 0 Å². The van der Waals surface area contributed by atoms with E-state index in [1.165, 1.54) is 35.4 Å². The fourth-order valence-electron chi connectivity index (χ4n) is 5.94. The first-order valence-corrected chi connectivity index (χ1v) is 28.7. The third-order valence-electron chi connectivity index (χ3n) is 8.85. The Labute approximate surface area is 223 Å². The van der Waals surface area contributed by atoms with E-state index in [9.17, 15) is 8.78 Å². The van der Waals surface area contributed by atoms with E-state index in [-0.39, 0.29) is 22.5 Å². The number of hydrogen-bond acceptors (Lipinski definition) is 2. The van der Waals surface area contributed by atoms with Crippen molar-refractivity contribution in [2.75, 3.05) is 0 Å². The molecule has 0 aromatic heterocycles. The van der Waals surface area contributed by atoms with Crippen molar-refractivity contribution in [1.82, 2.24) is 0 Å². The molecule has 2 aromatic rings. The first-order chi connectivity index (χ1) is 17.2. The number of rotatable bonds is 6. The SMILES string of the molecule is CC(C)(C)C1=CC[C]([Zr]([CH3])([CH3])(=[SiH2])([O]c2ccc(F)cc2)([O]c2ccc(F)cc2)[C]2=CC=C(C(C)(C)C)C2)=C1. The zero-order valence-corrected chi connectivity index (χ0v) is 28.0. The summed E-state index contributed by atoms with van der Waals surface area (Å²) in [6, 6.07) is 12.4. The van der Waals surface area contributed by atoms with Gasteiger partial charge < -0.3 is 0 Å². The van der Waals surface area contributed by atoms with Gasteiger partial charge in [0, 0.05) is 0 Å². The summed E-state index contributed by atoms with van der Waals surface area (Å²) < 4.78 is 49.5. The Kier molecular flexibility index (Phi) is 6.10. The van der Waals surface area contributed by atoms with Gasteiger partial charge in [0.2, 0.25) is 0 Å². The maximum absolute atomic E-state index is 14.0. The quantitative estimate of drug-likeness (QED) is 0.302. The number of allylic oxidation sites excluding steroid dienone is 8. The second-order valence-electron chi connectivity index (χ2n) is 15.0. The molecule has 0 bridgehead atoms. The van der Waals surface area contributed by atoms with Crippen molar-refractivity contribution < 1.29 is 29.7 Å². The fourth-order valence-corrected chi connectivity index (χ4v) is 26.8. The summed E-state index contributed by atoms with van der Waals surface area (Å²) in [5, 5.41) is 0. The predicted molar refractivity (Wildman–Crippen MR) is 155 cm³/mol. The first-order valence-electron chi connectivity index (χ1n) is 13.4. The second kappa shape index (κ2) is 8.01. The van der Waals surface area contributed by atoms with Gasteiger partial charge in [-0.1, -0.05) is 0 Å². The standard InChI is InChI=1S/2C9H13.2C6H5FO.2CH3.H2Si.Zr/c2*1-9(2,3)8-6-4-5-7-8;2*7-5-1-3-6(8)4-2-5;;;;/h6-7H,4H2,1-3H3;4,6H,7H2,1-3H3;2*1-4,8H;2*1H3;1H2;/q;;;;;;;+2/p-2. The molecule has 0 saturated carbocycles. The molecule has 0 radical (unpaired) electrons. The van der Waals surface area contributed by atoms with Crippen LogP contribution in [-0.2, 0) is 15.3 Å². The summed E-state index contributed by atoms with van der Waals surface area (Å²) in [4.78, 5) is 0. The second-order valence-corrected chi connectivity index (χ2v) is 56.2. The first kappa shape index (κ1) is 29.0. The van der Waals surface area contributed by atoms with Gasteiger partial charge in [-0.15, -0.1) is 0 Å². The van der Waals surface area contributed by atoms with Gasteiger partial charge in [-0.3, -0.25) is 0 Å². The van der Waals surface area contributed by atoms with Crippen molar-refractivity contribution in [2.24, 2.45) is 10.8 Å². The summed E-state index contributed by atoms with van der Waals surface area (Å²) in [5.74, 6) is 0.440. The van der Waals surface area contributed by atoms with Crippen LogP contribution in [0.5, 0.6) is 11.5 Å². The van der Waals surface area contributed by atoms with Crippen LogP contribution >= 0.6 is 0 Å². The van der Waals surface area contributed by atoms with Crippen LogP contribution in [0, 0.1) is 22.5 Å². The predicted octanol–water partition coefficient (Wildman–Crippen LogP) is 9.18. The summed E-state index contributed by atoms with van der Waals surface area (Å²) >= 11 is -6.30. The van der Waals surface area contributed by atoms with Gasteiger partial charge in [0.05, 0.1) is 0 Å². The minimum absolute atomic E-state index is 0.0380. The Morgan fingerprint density at radius 1 is 0.711 bits per heavy atom. The van der Waals surface area contributed by atoms with Crippen LogP contribution in [0.1, 0.15) is 54.4 Å². The molecule has 0 spiro atoms. The van der Waals surface area contributed by atoms with Gasteiger partial charge in [0.25, 0.3) is 0 Å². The van der Waals surface area contributed by atoms with Crippen molar-refractivity contribution in [3.05, 3.63) is 102 Å². The van der Waals surface area contributed by atoms with Crippen molar-refractivity contribution in [3.8, 4) is 11.5 Å². The van der Waals surface area contributed by atoms with Crippen molar-refractivity contribution in [2.45, 2.75) is 63.6 Å². The molecular formula is C32H42F2O2SiZr. The average molecular weight is 616 g/mol. The zero-order chi connectivity index (χ0) is 28.3. The molecule has 0 unspecified atom stereocenters. The molecule has 0 amide bonds.